The summed E-state index contributed by atoms with van der Waals surface area (Å²) < 4.78 is 31.4. The van der Waals surface area contributed by atoms with Crippen molar-refractivity contribution in [1.29, 1.82) is 0 Å². The van der Waals surface area contributed by atoms with Gasteiger partial charge in [0.1, 0.15) is 11.4 Å². The SMILES string of the molecule is Cc1ccc(NC(=O)c2c(I)cnn2C)c(OC(F)F)c1. The van der Waals surface area contributed by atoms with E-state index in [1.165, 1.54) is 16.8 Å². The van der Waals surface area contributed by atoms with Gasteiger partial charge in [-0.1, -0.05) is 6.07 Å². The van der Waals surface area contributed by atoms with Crippen LogP contribution < -0.4 is 10.1 Å². The molecule has 0 saturated heterocycles. The van der Waals surface area contributed by atoms with Crippen molar-refractivity contribution in [3.63, 3.8) is 0 Å². The minimum absolute atomic E-state index is 0.0736. The van der Waals surface area contributed by atoms with E-state index in [-0.39, 0.29) is 11.4 Å². The first-order valence-electron chi connectivity index (χ1n) is 5.93. The molecule has 1 N–H and O–H groups in total. The lowest BCUT2D eigenvalue weighted by molar-refractivity contribution is -0.0494. The minimum Gasteiger partial charge on any atom is -0.433 e. The van der Waals surface area contributed by atoms with Gasteiger partial charge in [-0.25, -0.2) is 0 Å². The number of hydrogen-bond donors (Lipinski definition) is 1. The molecule has 0 fully saturated rings. The molecule has 0 aliphatic heterocycles. The molecule has 1 aromatic carbocycles. The molecule has 0 aliphatic rings. The van der Waals surface area contributed by atoms with Crippen LogP contribution in [-0.2, 0) is 7.05 Å². The molecule has 1 aromatic heterocycles. The molecule has 5 nitrogen and oxygen atoms in total. The van der Waals surface area contributed by atoms with Gasteiger partial charge in [0.25, 0.3) is 5.91 Å². The second-order valence-corrected chi connectivity index (χ2v) is 5.46. The highest BCUT2D eigenvalue weighted by atomic mass is 127. The highest BCUT2D eigenvalue weighted by Crippen LogP contribution is 2.28. The molecule has 21 heavy (non-hydrogen) atoms. The number of halogens is 3. The van der Waals surface area contributed by atoms with Crippen LogP contribution in [0.2, 0.25) is 0 Å². The number of aryl methyl sites for hydroxylation is 2. The number of amides is 1. The number of carbonyl (C=O) groups is 1. The van der Waals surface area contributed by atoms with Gasteiger partial charge in [-0.3, -0.25) is 9.48 Å². The first-order chi connectivity index (χ1) is 9.88. The standard InChI is InChI=1S/C13H12F2IN3O2/c1-7-3-4-9(10(5-7)21-13(14)15)18-12(20)11-8(16)6-17-19(11)2/h3-6,13H,1-2H3,(H,18,20). The van der Waals surface area contributed by atoms with Crippen LogP contribution in [0, 0.1) is 10.5 Å². The largest absolute Gasteiger partial charge is 0.433 e. The highest BCUT2D eigenvalue weighted by molar-refractivity contribution is 14.1. The number of nitrogens with zero attached hydrogens (tertiary/aromatic N) is 2. The fourth-order valence-electron chi connectivity index (χ4n) is 1.77. The Hall–Kier alpha value is -1.71. The predicted molar refractivity (Wildman–Crippen MR) is 81.7 cm³/mol. The number of benzene rings is 1. The van der Waals surface area contributed by atoms with Crippen molar-refractivity contribution in [1.82, 2.24) is 9.78 Å². The Kier molecular flexibility index (Phi) is 4.76. The van der Waals surface area contributed by atoms with Crippen LogP contribution in [0.5, 0.6) is 5.75 Å². The molecular formula is C13H12F2IN3O2. The van der Waals surface area contributed by atoms with Crippen LogP contribution in [0.3, 0.4) is 0 Å². The smallest absolute Gasteiger partial charge is 0.387 e. The molecule has 0 saturated carbocycles. The first kappa shape index (κ1) is 15.7. The normalized spacial score (nSPS) is 10.8. The summed E-state index contributed by atoms with van der Waals surface area (Å²) in [4.78, 5) is 12.2. The lowest BCUT2D eigenvalue weighted by atomic mass is 10.2. The van der Waals surface area contributed by atoms with Gasteiger partial charge in [0, 0.05) is 7.05 Å². The Morgan fingerprint density at radius 2 is 2.19 bits per heavy atom. The number of alkyl halides is 2. The summed E-state index contributed by atoms with van der Waals surface area (Å²) in [6.07, 6.45) is 1.54. The van der Waals surface area contributed by atoms with Gasteiger partial charge in [-0.05, 0) is 47.2 Å². The molecule has 2 aromatic rings. The first-order valence-corrected chi connectivity index (χ1v) is 7.00. The molecule has 1 heterocycles. The fraction of sp³-hybridized carbons (Fsp3) is 0.231. The van der Waals surface area contributed by atoms with Gasteiger partial charge in [0.2, 0.25) is 0 Å². The van der Waals surface area contributed by atoms with Crippen molar-refractivity contribution >= 4 is 34.2 Å². The predicted octanol–water partition coefficient (Wildman–Crippen LogP) is 3.19. The van der Waals surface area contributed by atoms with Crippen LogP contribution in [0.25, 0.3) is 0 Å². The quantitative estimate of drug-likeness (QED) is 0.793. The van der Waals surface area contributed by atoms with E-state index in [0.29, 0.717) is 9.26 Å². The van der Waals surface area contributed by atoms with Crippen molar-refractivity contribution in [2.75, 3.05) is 5.32 Å². The summed E-state index contributed by atoms with van der Waals surface area (Å²) in [5.41, 5.74) is 1.28. The summed E-state index contributed by atoms with van der Waals surface area (Å²) >= 11 is 1.98. The van der Waals surface area contributed by atoms with Crippen molar-refractivity contribution in [2.45, 2.75) is 13.5 Å². The molecule has 0 atom stereocenters. The summed E-state index contributed by atoms with van der Waals surface area (Å²) in [7, 11) is 1.63. The summed E-state index contributed by atoms with van der Waals surface area (Å²) in [5.74, 6) is -0.516. The van der Waals surface area contributed by atoms with Crippen LogP contribution in [0.4, 0.5) is 14.5 Å². The van der Waals surface area contributed by atoms with E-state index >= 15 is 0 Å². The second-order valence-electron chi connectivity index (χ2n) is 4.30. The molecule has 8 heteroatoms. The number of nitrogens with one attached hydrogen (secondary N) is 1. The zero-order valence-corrected chi connectivity index (χ0v) is 13.4. The number of aromatic nitrogens is 2. The van der Waals surface area contributed by atoms with Gasteiger partial charge < -0.3 is 10.1 Å². The average molecular weight is 407 g/mol. The zero-order valence-electron chi connectivity index (χ0n) is 11.2. The Balaban J connectivity index is 2.29. The van der Waals surface area contributed by atoms with Crippen molar-refractivity contribution in [2.24, 2.45) is 7.05 Å². The van der Waals surface area contributed by atoms with Crippen LogP contribution in [-0.4, -0.2) is 22.3 Å². The van der Waals surface area contributed by atoms with Crippen molar-refractivity contribution in [3.8, 4) is 5.75 Å². The minimum atomic E-state index is -2.96. The number of ether oxygens (including phenoxy) is 1. The monoisotopic (exact) mass is 407 g/mol. The lowest BCUT2D eigenvalue weighted by Gasteiger charge is -2.13. The van der Waals surface area contributed by atoms with Gasteiger partial charge >= 0.3 is 6.61 Å². The van der Waals surface area contributed by atoms with Gasteiger partial charge in [-0.15, -0.1) is 0 Å². The van der Waals surface area contributed by atoms with Crippen LogP contribution >= 0.6 is 22.6 Å². The molecule has 2 rings (SSSR count). The van der Waals surface area contributed by atoms with E-state index in [1.807, 2.05) is 22.6 Å². The van der Waals surface area contributed by atoms with E-state index in [4.69, 9.17) is 0 Å². The molecule has 0 spiro atoms. The Labute approximate surface area is 133 Å². The van der Waals surface area contributed by atoms with Crippen LogP contribution in [0.1, 0.15) is 16.1 Å². The number of anilines is 1. The fourth-order valence-corrected chi connectivity index (χ4v) is 2.49. The molecular weight excluding hydrogens is 395 g/mol. The Morgan fingerprint density at radius 3 is 2.76 bits per heavy atom. The molecule has 0 bridgehead atoms. The summed E-state index contributed by atoms with van der Waals surface area (Å²) in [6, 6.07) is 4.66. The number of hydrogen-bond acceptors (Lipinski definition) is 3. The van der Waals surface area contributed by atoms with Gasteiger partial charge in [-0.2, -0.15) is 13.9 Å². The molecule has 0 aliphatic carbocycles. The van der Waals surface area contributed by atoms with Crippen LogP contribution in [0.15, 0.2) is 24.4 Å². The van der Waals surface area contributed by atoms with E-state index in [0.717, 1.165) is 5.56 Å². The third kappa shape index (κ3) is 3.69. The van der Waals surface area contributed by atoms with E-state index < -0.39 is 12.5 Å². The molecule has 0 unspecified atom stereocenters. The molecule has 0 radical (unpaired) electrons. The third-order valence-corrected chi connectivity index (χ3v) is 3.50. The topological polar surface area (TPSA) is 56.2 Å². The third-order valence-electron chi connectivity index (χ3n) is 2.71. The maximum absolute atomic E-state index is 12.4. The zero-order chi connectivity index (χ0) is 15.6. The second kappa shape index (κ2) is 6.37. The Morgan fingerprint density at radius 1 is 1.48 bits per heavy atom. The van der Waals surface area contributed by atoms with E-state index in [2.05, 4.69) is 15.2 Å². The van der Waals surface area contributed by atoms with Crippen molar-refractivity contribution < 1.29 is 18.3 Å². The molecule has 1 amide bonds. The summed E-state index contributed by atoms with van der Waals surface area (Å²) in [6.45, 7) is -1.21. The highest BCUT2D eigenvalue weighted by Gasteiger charge is 2.18. The van der Waals surface area contributed by atoms with Gasteiger partial charge in [0.05, 0.1) is 15.5 Å². The maximum atomic E-state index is 12.4. The number of carbonyl (C=O) groups excluding carboxylic acids is 1. The summed E-state index contributed by atoms with van der Waals surface area (Å²) in [5, 5.41) is 6.53. The lowest BCUT2D eigenvalue weighted by Crippen LogP contribution is -2.18. The maximum Gasteiger partial charge on any atom is 0.387 e. The number of rotatable bonds is 4. The molecule has 112 valence electrons. The average Bonchev–Trinajstić information content (AvgIpc) is 2.71. The van der Waals surface area contributed by atoms with Gasteiger partial charge in [0.15, 0.2) is 0 Å². The van der Waals surface area contributed by atoms with Crippen molar-refractivity contribution in [3.05, 3.63) is 39.2 Å². The van der Waals surface area contributed by atoms with E-state index in [9.17, 15) is 13.6 Å². The van der Waals surface area contributed by atoms with E-state index in [1.54, 1.807) is 26.2 Å². The Bertz CT molecular complexity index is 654.